The van der Waals surface area contributed by atoms with Gasteiger partial charge in [0.05, 0.1) is 0 Å². The van der Waals surface area contributed by atoms with Gasteiger partial charge in [-0.3, -0.25) is 0 Å². The Kier molecular flexibility index (Phi) is 6.42. The molecule has 0 spiro atoms. The van der Waals surface area contributed by atoms with Gasteiger partial charge in [-0.1, -0.05) is 64.2 Å². The maximum absolute atomic E-state index is 6.29. The van der Waals surface area contributed by atoms with Gasteiger partial charge in [-0.25, -0.2) is 0 Å². The molecule has 0 heterocycles. The lowest BCUT2D eigenvalue weighted by molar-refractivity contribution is 0.0854. The summed E-state index contributed by atoms with van der Waals surface area (Å²) in [6.45, 7) is 4.58. The fourth-order valence-electron chi connectivity index (χ4n) is 3.61. The summed E-state index contributed by atoms with van der Waals surface area (Å²) < 4.78 is 6.29. The highest BCUT2D eigenvalue weighted by Crippen LogP contribution is 2.35. The second kappa shape index (κ2) is 8.34. The Morgan fingerprint density at radius 2 is 1.70 bits per heavy atom. The van der Waals surface area contributed by atoms with E-state index in [9.17, 15) is 0 Å². The zero-order chi connectivity index (χ0) is 14.2. The van der Waals surface area contributed by atoms with E-state index < -0.39 is 0 Å². The van der Waals surface area contributed by atoms with Crippen molar-refractivity contribution in [2.45, 2.75) is 71.3 Å². The monoisotopic (exact) mass is 274 g/mol. The zero-order valence-corrected chi connectivity index (χ0v) is 13.2. The molecule has 1 unspecified atom stereocenters. The van der Waals surface area contributed by atoms with Crippen LogP contribution in [0.1, 0.15) is 65.2 Å². The molecule has 1 aromatic rings. The third kappa shape index (κ3) is 4.54. The molecule has 112 valence electrons. The molecule has 20 heavy (non-hydrogen) atoms. The summed E-state index contributed by atoms with van der Waals surface area (Å²) in [5, 5.41) is 0. The van der Waals surface area contributed by atoms with E-state index in [2.05, 4.69) is 44.2 Å². The van der Waals surface area contributed by atoms with Crippen LogP contribution >= 0.6 is 0 Å². The zero-order valence-electron chi connectivity index (χ0n) is 13.2. The van der Waals surface area contributed by atoms with Crippen LogP contribution in [0.4, 0.5) is 0 Å². The largest absolute Gasteiger partial charge is 0.490 e. The molecule has 0 bridgehead atoms. The molecular weight excluding hydrogens is 244 g/mol. The highest BCUT2D eigenvalue weighted by atomic mass is 16.5. The smallest absolute Gasteiger partial charge is 0.119 e. The van der Waals surface area contributed by atoms with Crippen LogP contribution in [-0.2, 0) is 0 Å². The minimum absolute atomic E-state index is 0.421. The summed E-state index contributed by atoms with van der Waals surface area (Å²) in [5.41, 5.74) is 0. The van der Waals surface area contributed by atoms with Crippen molar-refractivity contribution in [2.75, 3.05) is 0 Å². The molecule has 0 saturated heterocycles. The van der Waals surface area contributed by atoms with Crippen molar-refractivity contribution in [2.24, 2.45) is 11.8 Å². The van der Waals surface area contributed by atoms with Crippen LogP contribution in [0.25, 0.3) is 0 Å². The first-order chi connectivity index (χ1) is 9.83. The van der Waals surface area contributed by atoms with Crippen LogP contribution in [0.3, 0.4) is 0 Å². The van der Waals surface area contributed by atoms with Crippen molar-refractivity contribution in [3.63, 3.8) is 0 Å². The Balaban J connectivity index is 1.89. The van der Waals surface area contributed by atoms with Gasteiger partial charge in [0.15, 0.2) is 0 Å². The summed E-state index contributed by atoms with van der Waals surface area (Å²) in [4.78, 5) is 0. The quantitative estimate of drug-likeness (QED) is 0.607. The Hall–Kier alpha value is -0.980. The molecule has 1 aromatic carbocycles. The molecule has 1 aliphatic carbocycles. The summed E-state index contributed by atoms with van der Waals surface area (Å²) >= 11 is 0. The van der Waals surface area contributed by atoms with Gasteiger partial charge in [-0.2, -0.15) is 0 Å². The molecule has 1 aliphatic rings. The Morgan fingerprint density at radius 1 is 1.00 bits per heavy atom. The summed E-state index contributed by atoms with van der Waals surface area (Å²) in [6.07, 6.45) is 11.1. The van der Waals surface area contributed by atoms with Crippen molar-refractivity contribution in [3.8, 4) is 5.75 Å². The van der Waals surface area contributed by atoms with Gasteiger partial charge >= 0.3 is 0 Å². The summed E-state index contributed by atoms with van der Waals surface area (Å²) in [7, 11) is 0. The Bertz CT molecular complexity index is 351. The van der Waals surface area contributed by atoms with Crippen molar-refractivity contribution < 1.29 is 4.74 Å². The van der Waals surface area contributed by atoms with E-state index in [-0.39, 0.29) is 0 Å². The Morgan fingerprint density at radius 3 is 2.30 bits per heavy atom. The lowest BCUT2D eigenvalue weighted by Gasteiger charge is -2.34. The van der Waals surface area contributed by atoms with Gasteiger partial charge in [0, 0.05) is 0 Å². The van der Waals surface area contributed by atoms with Gasteiger partial charge in [-0.05, 0) is 43.2 Å². The second-order valence-electron chi connectivity index (χ2n) is 6.33. The average molecular weight is 274 g/mol. The van der Waals surface area contributed by atoms with E-state index >= 15 is 0 Å². The van der Waals surface area contributed by atoms with Crippen LogP contribution in [0.5, 0.6) is 5.75 Å². The average Bonchev–Trinajstić information content (AvgIpc) is 2.49. The highest BCUT2D eigenvalue weighted by Gasteiger charge is 2.28. The molecule has 2 rings (SSSR count). The normalized spacial score (nSPS) is 24.3. The van der Waals surface area contributed by atoms with E-state index in [1.807, 2.05) is 0 Å². The van der Waals surface area contributed by atoms with Crippen LogP contribution in [0.15, 0.2) is 30.3 Å². The first-order valence-electron chi connectivity index (χ1n) is 8.55. The van der Waals surface area contributed by atoms with Crippen molar-refractivity contribution >= 4 is 0 Å². The Labute approximate surface area is 124 Å². The molecule has 1 saturated carbocycles. The molecular formula is C19H30O. The molecule has 0 aromatic heterocycles. The van der Waals surface area contributed by atoms with E-state index in [0.29, 0.717) is 6.10 Å². The first kappa shape index (κ1) is 15.4. The molecule has 1 atom stereocenters. The first-order valence-corrected chi connectivity index (χ1v) is 8.55. The number of para-hydroxylation sites is 1. The molecule has 0 N–H and O–H groups in total. The van der Waals surface area contributed by atoms with Gasteiger partial charge in [0.25, 0.3) is 0 Å². The fraction of sp³-hybridized carbons (Fsp3) is 0.684. The lowest BCUT2D eigenvalue weighted by atomic mass is 9.77. The van der Waals surface area contributed by atoms with E-state index in [1.54, 1.807) is 0 Å². The lowest BCUT2D eigenvalue weighted by Crippen LogP contribution is -2.30. The van der Waals surface area contributed by atoms with Crippen molar-refractivity contribution in [3.05, 3.63) is 30.3 Å². The minimum Gasteiger partial charge on any atom is -0.490 e. The van der Waals surface area contributed by atoms with Crippen molar-refractivity contribution in [1.82, 2.24) is 0 Å². The van der Waals surface area contributed by atoms with Crippen LogP contribution in [-0.4, -0.2) is 6.10 Å². The van der Waals surface area contributed by atoms with Crippen LogP contribution in [0, 0.1) is 11.8 Å². The number of hydrogen-bond acceptors (Lipinski definition) is 1. The highest BCUT2D eigenvalue weighted by molar-refractivity contribution is 5.21. The second-order valence-corrected chi connectivity index (χ2v) is 6.33. The predicted molar refractivity (Wildman–Crippen MR) is 86.1 cm³/mol. The van der Waals surface area contributed by atoms with Crippen LogP contribution in [0.2, 0.25) is 0 Å². The minimum atomic E-state index is 0.421. The van der Waals surface area contributed by atoms with Crippen molar-refractivity contribution in [1.29, 1.82) is 0 Å². The van der Waals surface area contributed by atoms with Gasteiger partial charge in [0.1, 0.15) is 11.9 Å². The SMILES string of the molecule is CCCC(Oc1ccccc1)[C@H]1CC[C@H](CCC)CC1. The van der Waals surface area contributed by atoms with E-state index in [1.165, 1.54) is 51.4 Å². The van der Waals surface area contributed by atoms with E-state index in [0.717, 1.165) is 17.6 Å². The van der Waals surface area contributed by atoms with Gasteiger partial charge in [-0.15, -0.1) is 0 Å². The van der Waals surface area contributed by atoms with Crippen LogP contribution < -0.4 is 4.74 Å². The fourth-order valence-corrected chi connectivity index (χ4v) is 3.61. The molecule has 0 radical (unpaired) electrons. The number of hydrogen-bond donors (Lipinski definition) is 0. The number of rotatable bonds is 7. The third-order valence-electron chi connectivity index (χ3n) is 4.72. The third-order valence-corrected chi connectivity index (χ3v) is 4.72. The molecule has 0 aliphatic heterocycles. The summed E-state index contributed by atoms with van der Waals surface area (Å²) in [5.74, 6) is 2.79. The molecule has 1 nitrogen and oxygen atoms in total. The maximum atomic E-state index is 6.29. The van der Waals surface area contributed by atoms with E-state index in [4.69, 9.17) is 4.74 Å². The molecule has 0 amide bonds. The predicted octanol–water partition coefficient (Wildman–Crippen LogP) is 5.84. The topological polar surface area (TPSA) is 9.23 Å². The van der Waals surface area contributed by atoms with Gasteiger partial charge in [0.2, 0.25) is 0 Å². The molecule has 1 heteroatoms. The number of ether oxygens (including phenoxy) is 1. The summed E-state index contributed by atoms with van der Waals surface area (Å²) in [6, 6.07) is 10.4. The standard InChI is InChI=1S/C19H30O/c1-3-8-16-12-14-17(15-13-16)19(9-4-2)20-18-10-6-5-7-11-18/h5-7,10-11,16-17,19H,3-4,8-9,12-15H2,1-2H3/t16-,17-,19?. The molecule has 1 fully saturated rings. The maximum Gasteiger partial charge on any atom is 0.119 e. The number of benzene rings is 1. The van der Waals surface area contributed by atoms with Gasteiger partial charge < -0.3 is 4.74 Å².